The van der Waals surface area contributed by atoms with Gasteiger partial charge in [0.25, 0.3) is 0 Å². The number of hydrogen-bond donors (Lipinski definition) is 1. The Morgan fingerprint density at radius 2 is 2.29 bits per heavy atom. The largest absolute Gasteiger partial charge is 0.490 e. The Kier molecular flexibility index (Phi) is 2.49. The highest BCUT2D eigenvalue weighted by Gasteiger charge is 2.45. The van der Waals surface area contributed by atoms with Crippen molar-refractivity contribution in [3.63, 3.8) is 0 Å². The lowest BCUT2D eigenvalue weighted by Gasteiger charge is -2.29. The van der Waals surface area contributed by atoms with Crippen molar-refractivity contribution in [1.82, 2.24) is 0 Å². The number of anilines is 1. The first-order valence-electron chi connectivity index (χ1n) is 6.05. The number of nitrogens with two attached hydrogens (primary N) is 1. The van der Waals surface area contributed by atoms with Gasteiger partial charge in [-0.05, 0) is 30.5 Å². The maximum Gasteiger partial charge on any atom is 0.142 e. The standard InChI is InChI=1S/C13H18N2O2/c1-15-6-7-16-12-3-2-10(8-11(12)15)13(4-5-13)9-17-14/h2-3,8H,4-7,9,14H2,1H3. The van der Waals surface area contributed by atoms with Crippen LogP contribution in [-0.4, -0.2) is 26.8 Å². The molecule has 2 N–H and O–H groups in total. The van der Waals surface area contributed by atoms with Crippen LogP contribution < -0.4 is 15.5 Å². The van der Waals surface area contributed by atoms with E-state index in [0.29, 0.717) is 6.61 Å². The van der Waals surface area contributed by atoms with Crippen LogP contribution in [-0.2, 0) is 10.3 Å². The predicted octanol–water partition coefficient (Wildman–Crippen LogP) is 1.44. The molecule has 17 heavy (non-hydrogen) atoms. The minimum atomic E-state index is 0.155. The van der Waals surface area contributed by atoms with Gasteiger partial charge >= 0.3 is 0 Å². The summed E-state index contributed by atoms with van der Waals surface area (Å²) in [6, 6.07) is 6.43. The summed E-state index contributed by atoms with van der Waals surface area (Å²) in [4.78, 5) is 7.09. The molecule has 0 radical (unpaired) electrons. The fraction of sp³-hybridized carbons (Fsp3) is 0.538. The van der Waals surface area contributed by atoms with Crippen LogP contribution in [0.3, 0.4) is 0 Å². The van der Waals surface area contributed by atoms with Crippen molar-refractivity contribution in [3.05, 3.63) is 23.8 Å². The summed E-state index contributed by atoms with van der Waals surface area (Å²) in [5, 5.41) is 0. The minimum Gasteiger partial charge on any atom is -0.490 e. The predicted molar refractivity (Wildman–Crippen MR) is 66.3 cm³/mol. The molecule has 1 aliphatic carbocycles. The van der Waals surface area contributed by atoms with Gasteiger partial charge in [0.1, 0.15) is 12.4 Å². The first-order valence-corrected chi connectivity index (χ1v) is 6.05. The molecule has 0 atom stereocenters. The molecule has 0 amide bonds. The zero-order valence-electron chi connectivity index (χ0n) is 10.1. The SMILES string of the molecule is CN1CCOc2ccc(C3(CON)CC3)cc21. The second-order valence-electron chi connectivity index (χ2n) is 5.04. The number of likely N-dealkylation sites (N-methyl/N-ethyl adjacent to an activating group) is 1. The van der Waals surface area contributed by atoms with Crippen LogP contribution in [0.5, 0.6) is 5.75 Å². The molecular formula is C13H18N2O2. The molecule has 0 saturated heterocycles. The van der Waals surface area contributed by atoms with Gasteiger partial charge in [0, 0.05) is 12.5 Å². The van der Waals surface area contributed by atoms with E-state index >= 15 is 0 Å². The summed E-state index contributed by atoms with van der Waals surface area (Å²) >= 11 is 0. The number of ether oxygens (including phenoxy) is 1. The van der Waals surface area contributed by atoms with Crippen molar-refractivity contribution in [2.24, 2.45) is 5.90 Å². The topological polar surface area (TPSA) is 47.7 Å². The molecule has 3 rings (SSSR count). The van der Waals surface area contributed by atoms with Crippen LogP contribution in [0.4, 0.5) is 5.69 Å². The average Bonchev–Trinajstić information content (AvgIpc) is 3.11. The van der Waals surface area contributed by atoms with Crippen molar-refractivity contribution in [2.75, 3.05) is 31.7 Å². The fourth-order valence-electron chi connectivity index (χ4n) is 2.51. The molecule has 0 bridgehead atoms. The third kappa shape index (κ3) is 1.77. The normalized spacial score (nSPS) is 20.7. The molecule has 4 heteroatoms. The van der Waals surface area contributed by atoms with Gasteiger partial charge in [-0.1, -0.05) is 6.07 Å². The summed E-state index contributed by atoms with van der Waals surface area (Å²) in [7, 11) is 2.10. The van der Waals surface area contributed by atoms with Crippen LogP contribution in [0.15, 0.2) is 18.2 Å². The number of fused-ring (bicyclic) bond motifs is 1. The fourth-order valence-corrected chi connectivity index (χ4v) is 2.51. The summed E-state index contributed by atoms with van der Waals surface area (Å²) < 4.78 is 5.64. The molecule has 1 aromatic carbocycles. The third-order valence-corrected chi connectivity index (χ3v) is 3.88. The van der Waals surface area contributed by atoms with E-state index in [1.807, 2.05) is 0 Å². The average molecular weight is 234 g/mol. The van der Waals surface area contributed by atoms with Gasteiger partial charge < -0.3 is 14.5 Å². The first kappa shape index (κ1) is 10.9. The van der Waals surface area contributed by atoms with E-state index in [4.69, 9.17) is 15.5 Å². The third-order valence-electron chi connectivity index (χ3n) is 3.88. The monoisotopic (exact) mass is 234 g/mol. The highest BCUT2D eigenvalue weighted by molar-refractivity contribution is 5.62. The molecule has 1 saturated carbocycles. The minimum absolute atomic E-state index is 0.155. The van der Waals surface area contributed by atoms with E-state index in [1.54, 1.807) is 0 Å². The Morgan fingerprint density at radius 3 is 3.00 bits per heavy atom. The van der Waals surface area contributed by atoms with Gasteiger partial charge in [-0.25, -0.2) is 5.90 Å². The highest BCUT2D eigenvalue weighted by Crippen LogP contribution is 2.50. The molecule has 0 spiro atoms. The van der Waals surface area contributed by atoms with Gasteiger partial charge in [0.05, 0.1) is 18.8 Å². The Bertz CT molecular complexity index is 429. The van der Waals surface area contributed by atoms with Crippen LogP contribution in [0.2, 0.25) is 0 Å². The van der Waals surface area contributed by atoms with Gasteiger partial charge in [-0.3, -0.25) is 0 Å². The van der Waals surface area contributed by atoms with Crippen LogP contribution in [0.1, 0.15) is 18.4 Å². The van der Waals surface area contributed by atoms with Crippen molar-refractivity contribution in [3.8, 4) is 5.75 Å². The lowest BCUT2D eigenvalue weighted by atomic mass is 9.96. The first-order chi connectivity index (χ1) is 8.25. The van der Waals surface area contributed by atoms with Crippen LogP contribution >= 0.6 is 0 Å². The molecule has 1 aromatic rings. The van der Waals surface area contributed by atoms with Crippen molar-refractivity contribution in [2.45, 2.75) is 18.3 Å². The van der Waals surface area contributed by atoms with E-state index in [0.717, 1.165) is 31.7 Å². The van der Waals surface area contributed by atoms with E-state index in [1.165, 1.54) is 11.3 Å². The van der Waals surface area contributed by atoms with Crippen LogP contribution in [0.25, 0.3) is 0 Å². The zero-order valence-corrected chi connectivity index (χ0v) is 10.1. The van der Waals surface area contributed by atoms with E-state index in [2.05, 4.69) is 30.1 Å². The lowest BCUT2D eigenvalue weighted by Crippen LogP contribution is -2.29. The Hall–Kier alpha value is -1.26. The summed E-state index contributed by atoms with van der Waals surface area (Å²) in [6.07, 6.45) is 2.32. The maximum absolute atomic E-state index is 5.64. The molecule has 92 valence electrons. The summed E-state index contributed by atoms with van der Waals surface area (Å²) in [5.41, 5.74) is 2.65. The molecule has 1 aliphatic heterocycles. The van der Waals surface area contributed by atoms with Crippen molar-refractivity contribution < 1.29 is 9.57 Å². The van der Waals surface area contributed by atoms with Crippen molar-refractivity contribution >= 4 is 5.69 Å². The Balaban J connectivity index is 1.95. The second-order valence-corrected chi connectivity index (χ2v) is 5.04. The van der Waals surface area contributed by atoms with Gasteiger partial charge in [0.2, 0.25) is 0 Å². The zero-order chi connectivity index (χ0) is 11.9. The molecule has 1 fully saturated rings. The van der Waals surface area contributed by atoms with E-state index in [9.17, 15) is 0 Å². The lowest BCUT2D eigenvalue weighted by molar-refractivity contribution is 0.116. The number of benzene rings is 1. The number of nitrogens with zero attached hydrogens (tertiary/aromatic N) is 1. The molecule has 0 unspecified atom stereocenters. The summed E-state index contributed by atoms with van der Waals surface area (Å²) in [6.45, 7) is 2.31. The molecule has 0 aromatic heterocycles. The van der Waals surface area contributed by atoms with Gasteiger partial charge in [-0.2, -0.15) is 0 Å². The number of rotatable bonds is 3. The van der Waals surface area contributed by atoms with E-state index in [-0.39, 0.29) is 5.41 Å². The van der Waals surface area contributed by atoms with Crippen LogP contribution in [0, 0.1) is 0 Å². The molecular weight excluding hydrogens is 216 g/mol. The Morgan fingerprint density at radius 1 is 1.47 bits per heavy atom. The molecule has 2 aliphatic rings. The van der Waals surface area contributed by atoms with E-state index < -0.39 is 0 Å². The highest BCUT2D eigenvalue weighted by atomic mass is 16.6. The molecule has 1 heterocycles. The smallest absolute Gasteiger partial charge is 0.142 e. The quantitative estimate of drug-likeness (QED) is 0.804. The maximum atomic E-state index is 5.64. The molecule has 4 nitrogen and oxygen atoms in total. The Labute approximate surface area is 101 Å². The second kappa shape index (κ2) is 3.89. The summed E-state index contributed by atoms with van der Waals surface area (Å²) in [5.74, 6) is 6.20. The van der Waals surface area contributed by atoms with Gasteiger partial charge in [-0.15, -0.1) is 0 Å². The van der Waals surface area contributed by atoms with Gasteiger partial charge in [0.15, 0.2) is 0 Å². The number of hydrogen-bond acceptors (Lipinski definition) is 4. The van der Waals surface area contributed by atoms with Crippen molar-refractivity contribution in [1.29, 1.82) is 0 Å².